The molecule has 1 aromatic carbocycles. The highest BCUT2D eigenvalue weighted by Crippen LogP contribution is 2.13. The zero-order valence-corrected chi connectivity index (χ0v) is 13.5. The molecule has 3 rings (SSSR count). The molecule has 0 fully saturated rings. The molecule has 0 saturated carbocycles. The number of nitrogens with zero attached hydrogens (tertiary/aromatic N) is 2. The molecular weight excluding hydrogens is 320 g/mol. The number of H-pyrrole nitrogens is 1. The third-order valence-corrected chi connectivity index (χ3v) is 3.47. The first-order chi connectivity index (χ1) is 12.1. The van der Waals surface area contributed by atoms with Crippen molar-refractivity contribution in [3.63, 3.8) is 0 Å². The highest BCUT2D eigenvalue weighted by molar-refractivity contribution is 6.02. The molecular formula is C18H16N4O3. The molecule has 126 valence electrons. The number of anilines is 1. The number of amides is 1. The van der Waals surface area contributed by atoms with E-state index in [4.69, 9.17) is 4.74 Å². The number of ether oxygens (including phenoxy) is 1. The third-order valence-electron chi connectivity index (χ3n) is 3.47. The van der Waals surface area contributed by atoms with Crippen molar-refractivity contribution < 1.29 is 9.53 Å². The Hall–Kier alpha value is -3.48. The molecule has 2 N–H and O–H groups in total. The number of pyridine rings is 1. The van der Waals surface area contributed by atoms with Crippen LogP contribution in [0.4, 0.5) is 5.69 Å². The molecule has 0 aliphatic heterocycles. The fraction of sp³-hybridized carbons (Fsp3) is 0.111. The van der Waals surface area contributed by atoms with Crippen molar-refractivity contribution in [3.05, 3.63) is 82.3 Å². The van der Waals surface area contributed by atoms with E-state index in [-0.39, 0.29) is 11.3 Å². The average molecular weight is 336 g/mol. The summed E-state index contributed by atoms with van der Waals surface area (Å²) in [5, 5.41) is 2.66. The van der Waals surface area contributed by atoms with E-state index < -0.39 is 5.91 Å². The van der Waals surface area contributed by atoms with Gasteiger partial charge in [0.1, 0.15) is 17.3 Å². The van der Waals surface area contributed by atoms with Crippen LogP contribution in [0.25, 0.3) is 0 Å². The van der Waals surface area contributed by atoms with Gasteiger partial charge in [0.2, 0.25) is 0 Å². The number of nitrogens with one attached hydrogen (secondary N) is 2. The molecule has 0 aliphatic rings. The molecule has 7 nitrogen and oxygen atoms in total. The maximum absolute atomic E-state index is 12.3. The molecule has 0 radical (unpaired) electrons. The van der Waals surface area contributed by atoms with Gasteiger partial charge in [-0.3, -0.25) is 14.6 Å². The van der Waals surface area contributed by atoms with Crippen LogP contribution in [0.2, 0.25) is 0 Å². The number of rotatable bonds is 5. The van der Waals surface area contributed by atoms with Crippen molar-refractivity contribution in [3.8, 4) is 5.75 Å². The lowest BCUT2D eigenvalue weighted by Crippen LogP contribution is -2.20. The van der Waals surface area contributed by atoms with Gasteiger partial charge in [-0.05, 0) is 29.8 Å². The largest absolute Gasteiger partial charge is 0.497 e. The summed E-state index contributed by atoms with van der Waals surface area (Å²) in [5.74, 6) is 0.693. The average Bonchev–Trinajstić information content (AvgIpc) is 2.63. The van der Waals surface area contributed by atoms with Crippen LogP contribution in [0.3, 0.4) is 0 Å². The van der Waals surface area contributed by atoms with Crippen LogP contribution in [0, 0.1) is 0 Å². The van der Waals surface area contributed by atoms with Crippen LogP contribution >= 0.6 is 0 Å². The minimum atomic E-state index is -0.463. The second kappa shape index (κ2) is 7.39. The second-order valence-electron chi connectivity index (χ2n) is 5.30. The van der Waals surface area contributed by atoms with Gasteiger partial charge in [0.05, 0.1) is 19.0 Å². The van der Waals surface area contributed by atoms with E-state index in [1.807, 2.05) is 24.3 Å². The van der Waals surface area contributed by atoms with Gasteiger partial charge in [-0.25, -0.2) is 4.98 Å². The maximum atomic E-state index is 12.3. The number of hydrogen-bond donors (Lipinski definition) is 2. The molecule has 0 atom stereocenters. The number of aromatic amines is 1. The first kappa shape index (κ1) is 16.4. The maximum Gasteiger partial charge on any atom is 0.274 e. The summed E-state index contributed by atoms with van der Waals surface area (Å²) < 4.78 is 5.11. The Labute approximate surface area is 143 Å². The van der Waals surface area contributed by atoms with Gasteiger partial charge in [0.25, 0.3) is 11.5 Å². The van der Waals surface area contributed by atoms with Crippen LogP contribution < -0.4 is 15.6 Å². The molecule has 3 aromatic rings. The van der Waals surface area contributed by atoms with Gasteiger partial charge in [-0.15, -0.1) is 0 Å². The number of methoxy groups -OCH3 is 1. The smallest absolute Gasteiger partial charge is 0.274 e. The predicted octanol–water partition coefficient (Wildman–Crippen LogP) is 2.02. The minimum absolute atomic E-state index is 0.0520. The summed E-state index contributed by atoms with van der Waals surface area (Å²) in [5.41, 5.74) is 1.14. The van der Waals surface area contributed by atoms with Gasteiger partial charge in [-0.1, -0.05) is 12.1 Å². The molecule has 2 heterocycles. The van der Waals surface area contributed by atoms with Crippen LogP contribution in [0.15, 0.2) is 59.7 Å². The Morgan fingerprint density at radius 2 is 2.04 bits per heavy atom. The third kappa shape index (κ3) is 4.29. The molecule has 0 unspecified atom stereocenters. The Bertz CT molecular complexity index is 921. The summed E-state index contributed by atoms with van der Waals surface area (Å²) in [7, 11) is 1.60. The summed E-state index contributed by atoms with van der Waals surface area (Å²) in [6, 6.07) is 12.0. The molecule has 1 amide bonds. The zero-order valence-electron chi connectivity index (χ0n) is 13.5. The second-order valence-corrected chi connectivity index (χ2v) is 5.30. The fourth-order valence-corrected chi connectivity index (χ4v) is 2.28. The Kier molecular flexibility index (Phi) is 4.84. The Balaban J connectivity index is 1.79. The first-order valence-electron chi connectivity index (χ1n) is 7.58. The van der Waals surface area contributed by atoms with Gasteiger partial charge in [-0.2, -0.15) is 0 Å². The monoisotopic (exact) mass is 336 g/mol. The topological polar surface area (TPSA) is 97.0 Å². The number of hydrogen-bond acceptors (Lipinski definition) is 5. The number of aromatic nitrogens is 3. The predicted molar refractivity (Wildman–Crippen MR) is 92.8 cm³/mol. The van der Waals surface area contributed by atoms with Crippen molar-refractivity contribution in [1.82, 2.24) is 15.0 Å². The first-order valence-corrected chi connectivity index (χ1v) is 7.58. The van der Waals surface area contributed by atoms with E-state index in [0.717, 1.165) is 11.3 Å². The molecule has 0 aliphatic carbocycles. The van der Waals surface area contributed by atoms with E-state index in [1.54, 1.807) is 25.4 Å². The Morgan fingerprint density at radius 3 is 2.72 bits per heavy atom. The van der Waals surface area contributed by atoms with E-state index in [9.17, 15) is 9.59 Å². The van der Waals surface area contributed by atoms with Gasteiger partial charge in [0, 0.05) is 18.7 Å². The van der Waals surface area contributed by atoms with E-state index in [0.29, 0.717) is 17.9 Å². The summed E-state index contributed by atoms with van der Waals surface area (Å²) in [6.07, 6.45) is 3.52. The van der Waals surface area contributed by atoms with Crippen molar-refractivity contribution in [2.75, 3.05) is 12.4 Å². The van der Waals surface area contributed by atoms with Crippen LogP contribution in [-0.4, -0.2) is 28.0 Å². The summed E-state index contributed by atoms with van der Waals surface area (Å²) in [4.78, 5) is 35.0. The lowest BCUT2D eigenvalue weighted by atomic mass is 10.1. The number of carbonyl (C=O) groups excluding carboxylic acids is 1. The SMILES string of the molecule is COc1ccc(Cc2nc(C(=O)Nc3cccnc3)cc(=O)[nH]2)cc1. The molecule has 0 bridgehead atoms. The van der Waals surface area contributed by atoms with Crippen LogP contribution in [0.5, 0.6) is 5.75 Å². The number of carbonyl (C=O) groups is 1. The van der Waals surface area contributed by atoms with E-state index >= 15 is 0 Å². The summed E-state index contributed by atoms with van der Waals surface area (Å²) in [6.45, 7) is 0. The van der Waals surface area contributed by atoms with Crippen molar-refractivity contribution >= 4 is 11.6 Å². The lowest BCUT2D eigenvalue weighted by Gasteiger charge is -2.06. The molecule has 0 spiro atoms. The number of benzene rings is 1. The molecule has 7 heteroatoms. The van der Waals surface area contributed by atoms with E-state index in [2.05, 4.69) is 20.3 Å². The van der Waals surface area contributed by atoms with Crippen molar-refractivity contribution in [2.45, 2.75) is 6.42 Å². The molecule has 0 saturated heterocycles. The quantitative estimate of drug-likeness (QED) is 0.743. The highest BCUT2D eigenvalue weighted by Gasteiger charge is 2.11. The minimum Gasteiger partial charge on any atom is -0.497 e. The van der Waals surface area contributed by atoms with Gasteiger partial charge < -0.3 is 15.0 Å². The fourth-order valence-electron chi connectivity index (χ4n) is 2.28. The van der Waals surface area contributed by atoms with Gasteiger partial charge >= 0.3 is 0 Å². The van der Waals surface area contributed by atoms with Crippen LogP contribution in [-0.2, 0) is 6.42 Å². The zero-order chi connectivity index (χ0) is 17.6. The van der Waals surface area contributed by atoms with Gasteiger partial charge in [0.15, 0.2) is 0 Å². The normalized spacial score (nSPS) is 10.3. The summed E-state index contributed by atoms with van der Waals surface area (Å²) >= 11 is 0. The lowest BCUT2D eigenvalue weighted by molar-refractivity contribution is 0.102. The van der Waals surface area contributed by atoms with Crippen LogP contribution in [0.1, 0.15) is 21.9 Å². The van der Waals surface area contributed by atoms with Crippen molar-refractivity contribution in [1.29, 1.82) is 0 Å². The van der Waals surface area contributed by atoms with E-state index in [1.165, 1.54) is 12.3 Å². The standard InChI is InChI=1S/C18H16N4O3/c1-25-14-6-4-12(5-7-14)9-16-21-15(10-17(23)22-16)18(24)20-13-3-2-8-19-11-13/h2-8,10-11H,9H2,1H3,(H,20,24)(H,21,22,23). The molecule has 25 heavy (non-hydrogen) atoms. The van der Waals surface area contributed by atoms with Crippen molar-refractivity contribution in [2.24, 2.45) is 0 Å². The highest BCUT2D eigenvalue weighted by atomic mass is 16.5. The Morgan fingerprint density at radius 1 is 1.24 bits per heavy atom. The molecule has 2 aromatic heterocycles.